The van der Waals surface area contributed by atoms with Crippen LogP contribution in [0.15, 0.2) is 18.2 Å². The van der Waals surface area contributed by atoms with Gasteiger partial charge in [0.15, 0.2) is 0 Å². The Labute approximate surface area is 112 Å². The molecule has 1 N–H and O–H groups in total. The molecule has 8 heteroatoms. The molecular weight excluding hydrogens is 280 g/mol. The van der Waals surface area contributed by atoms with Gasteiger partial charge in [-0.05, 0) is 18.2 Å². The zero-order valence-electron chi connectivity index (χ0n) is 10.3. The Morgan fingerprint density at radius 3 is 2.20 bits per heavy atom. The molecular formula is C12H12F4N2O2. The molecule has 2 rings (SSSR count). The average molecular weight is 292 g/mol. The van der Waals surface area contributed by atoms with Crippen LogP contribution in [-0.2, 0) is 6.18 Å². The second-order valence-electron chi connectivity index (χ2n) is 4.42. The second kappa shape index (κ2) is 5.18. The molecule has 0 aliphatic carbocycles. The minimum Gasteiger partial charge on any atom is -0.465 e. The first-order valence-corrected chi connectivity index (χ1v) is 5.88. The number of nitrogens with zero attached hydrogens (tertiary/aromatic N) is 2. The van der Waals surface area contributed by atoms with Gasteiger partial charge in [0, 0.05) is 31.9 Å². The van der Waals surface area contributed by atoms with Gasteiger partial charge in [-0.3, -0.25) is 0 Å². The summed E-state index contributed by atoms with van der Waals surface area (Å²) in [5, 5.41) is 8.79. The summed E-state index contributed by atoms with van der Waals surface area (Å²) in [4.78, 5) is 13.6. The number of halogens is 4. The van der Waals surface area contributed by atoms with Gasteiger partial charge in [-0.15, -0.1) is 0 Å². The molecule has 0 aromatic heterocycles. The number of piperazine rings is 1. The summed E-state index contributed by atoms with van der Waals surface area (Å²) in [5.41, 5.74) is -0.981. The van der Waals surface area contributed by atoms with Crippen LogP contribution < -0.4 is 4.90 Å². The Morgan fingerprint density at radius 2 is 1.75 bits per heavy atom. The van der Waals surface area contributed by atoms with E-state index in [9.17, 15) is 22.4 Å². The molecule has 0 spiro atoms. The number of alkyl halides is 3. The minimum atomic E-state index is -4.72. The maximum absolute atomic E-state index is 13.5. The van der Waals surface area contributed by atoms with Crippen LogP contribution in [0.25, 0.3) is 0 Å². The van der Waals surface area contributed by atoms with Crippen molar-refractivity contribution in [2.45, 2.75) is 6.18 Å². The summed E-state index contributed by atoms with van der Waals surface area (Å²) in [6, 6.07) is 2.73. The average Bonchev–Trinajstić information content (AvgIpc) is 2.37. The number of benzene rings is 1. The van der Waals surface area contributed by atoms with Crippen LogP contribution in [-0.4, -0.2) is 42.3 Å². The lowest BCUT2D eigenvalue weighted by Gasteiger charge is -2.34. The van der Waals surface area contributed by atoms with Crippen LogP contribution in [0.4, 0.5) is 28.0 Å². The van der Waals surface area contributed by atoms with E-state index >= 15 is 0 Å². The molecule has 1 aliphatic heterocycles. The molecule has 1 fully saturated rings. The first-order valence-electron chi connectivity index (χ1n) is 5.88. The smallest absolute Gasteiger partial charge is 0.419 e. The number of hydrogen-bond acceptors (Lipinski definition) is 2. The lowest BCUT2D eigenvalue weighted by atomic mass is 10.1. The summed E-state index contributed by atoms with van der Waals surface area (Å²) >= 11 is 0. The summed E-state index contributed by atoms with van der Waals surface area (Å²) in [6.07, 6.45) is -5.76. The third-order valence-electron chi connectivity index (χ3n) is 3.17. The van der Waals surface area contributed by atoms with Crippen molar-refractivity contribution in [3.05, 3.63) is 29.6 Å². The minimum absolute atomic E-state index is 0.234. The number of amides is 1. The predicted molar refractivity (Wildman–Crippen MR) is 63.2 cm³/mol. The molecule has 0 saturated carbocycles. The van der Waals surface area contributed by atoms with E-state index in [4.69, 9.17) is 5.11 Å². The fraction of sp³-hybridized carbons (Fsp3) is 0.417. The van der Waals surface area contributed by atoms with Crippen LogP contribution >= 0.6 is 0 Å². The molecule has 0 atom stereocenters. The predicted octanol–water partition coefficient (Wildman–Crippen LogP) is 2.64. The Balaban J connectivity index is 2.12. The second-order valence-corrected chi connectivity index (χ2v) is 4.42. The summed E-state index contributed by atoms with van der Waals surface area (Å²) < 4.78 is 50.8. The van der Waals surface area contributed by atoms with E-state index in [-0.39, 0.29) is 13.1 Å². The fourth-order valence-electron chi connectivity index (χ4n) is 2.09. The number of anilines is 1. The third kappa shape index (κ3) is 2.94. The van der Waals surface area contributed by atoms with Gasteiger partial charge in [-0.2, -0.15) is 13.2 Å². The van der Waals surface area contributed by atoms with Gasteiger partial charge in [0.1, 0.15) is 5.82 Å². The first kappa shape index (κ1) is 14.4. The van der Waals surface area contributed by atoms with Gasteiger partial charge in [0.25, 0.3) is 0 Å². The lowest BCUT2D eigenvalue weighted by Crippen LogP contribution is -2.48. The van der Waals surface area contributed by atoms with Crippen LogP contribution in [0, 0.1) is 5.82 Å². The number of carbonyl (C=O) groups is 1. The normalized spacial score (nSPS) is 16.4. The highest BCUT2D eigenvalue weighted by Crippen LogP contribution is 2.33. The largest absolute Gasteiger partial charge is 0.465 e. The maximum Gasteiger partial charge on any atom is 0.419 e. The van der Waals surface area contributed by atoms with Crippen LogP contribution in [0.1, 0.15) is 5.56 Å². The molecule has 110 valence electrons. The van der Waals surface area contributed by atoms with Gasteiger partial charge < -0.3 is 14.9 Å². The number of carboxylic acid groups (broad SMARTS) is 1. The summed E-state index contributed by atoms with van der Waals surface area (Å²) in [6.45, 7) is 1.10. The summed E-state index contributed by atoms with van der Waals surface area (Å²) in [7, 11) is 0. The van der Waals surface area contributed by atoms with Crippen molar-refractivity contribution in [1.29, 1.82) is 0 Å². The quantitative estimate of drug-likeness (QED) is 0.809. The van der Waals surface area contributed by atoms with Crippen LogP contribution in [0.5, 0.6) is 0 Å². The van der Waals surface area contributed by atoms with Crippen molar-refractivity contribution >= 4 is 11.8 Å². The van der Waals surface area contributed by atoms with Gasteiger partial charge in [0.2, 0.25) is 0 Å². The van der Waals surface area contributed by atoms with Crippen molar-refractivity contribution in [2.24, 2.45) is 0 Å². The molecule has 1 aromatic rings. The van der Waals surface area contributed by atoms with E-state index in [1.807, 2.05) is 0 Å². The van der Waals surface area contributed by atoms with Crippen molar-refractivity contribution in [3.8, 4) is 0 Å². The van der Waals surface area contributed by atoms with Crippen molar-refractivity contribution in [1.82, 2.24) is 4.90 Å². The molecule has 1 saturated heterocycles. The number of hydrogen-bond donors (Lipinski definition) is 1. The SMILES string of the molecule is O=C(O)N1CCN(c2ccc(C(F)(F)F)c(F)c2)CC1. The van der Waals surface area contributed by atoms with Crippen molar-refractivity contribution < 1.29 is 27.5 Å². The van der Waals surface area contributed by atoms with Gasteiger partial charge >= 0.3 is 12.3 Å². The molecule has 1 aliphatic rings. The fourth-order valence-corrected chi connectivity index (χ4v) is 2.09. The topological polar surface area (TPSA) is 43.8 Å². The molecule has 4 nitrogen and oxygen atoms in total. The number of rotatable bonds is 1. The molecule has 0 radical (unpaired) electrons. The van der Waals surface area contributed by atoms with E-state index in [2.05, 4.69) is 0 Å². The molecule has 1 aromatic carbocycles. The standard InChI is InChI=1S/C12H12F4N2O2/c13-10-7-8(1-2-9(10)12(14,15)16)17-3-5-18(6-4-17)11(19)20/h1-2,7H,3-6H2,(H,19,20). The van der Waals surface area contributed by atoms with Crippen LogP contribution in [0.2, 0.25) is 0 Å². The van der Waals surface area contributed by atoms with E-state index < -0.39 is 23.7 Å². The highest BCUT2D eigenvalue weighted by Gasteiger charge is 2.34. The Hall–Kier alpha value is -1.99. The highest BCUT2D eigenvalue weighted by molar-refractivity contribution is 5.65. The highest BCUT2D eigenvalue weighted by atomic mass is 19.4. The van der Waals surface area contributed by atoms with Gasteiger partial charge in [-0.1, -0.05) is 0 Å². The molecule has 1 heterocycles. The van der Waals surface area contributed by atoms with Gasteiger partial charge in [-0.25, -0.2) is 9.18 Å². The van der Waals surface area contributed by atoms with E-state index in [0.717, 1.165) is 6.07 Å². The van der Waals surface area contributed by atoms with Crippen molar-refractivity contribution in [2.75, 3.05) is 31.1 Å². The van der Waals surface area contributed by atoms with E-state index in [0.29, 0.717) is 24.8 Å². The lowest BCUT2D eigenvalue weighted by molar-refractivity contribution is -0.139. The molecule has 0 unspecified atom stereocenters. The maximum atomic E-state index is 13.5. The van der Waals surface area contributed by atoms with Crippen molar-refractivity contribution in [3.63, 3.8) is 0 Å². The first-order chi connectivity index (χ1) is 9.29. The molecule has 20 heavy (non-hydrogen) atoms. The Bertz CT molecular complexity index is 511. The third-order valence-corrected chi connectivity index (χ3v) is 3.17. The molecule has 0 bridgehead atoms. The molecule has 1 amide bonds. The monoisotopic (exact) mass is 292 g/mol. The van der Waals surface area contributed by atoms with E-state index in [1.165, 1.54) is 11.0 Å². The van der Waals surface area contributed by atoms with Gasteiger partial charge in [0.05, 0.1) is 5.56 Å². The Morgan fingerprint density at radius 1 is 1.15 bits per heavy atom. The Kier molecular flexibility index (Phi) is 3.74. The van der Waals surface area contributed by atoms with Crippen LogP contribution in [0.3, 0.4) is 0 Å². The summed E-state index contributed by atoms with van der Waals surface area (Å²) in [5.74, 6) is -1.32. The van der Waals surface area contributed by atoms with E-state index in [1.54, 1.807) is 4.90 Å². The zero-order valence-corrected chi connectivity index (χ0v) is 10.3. The zero-order chi connectivity index (χ0) is 14.9.